The van der Waals surface area contributed by atoms with Gasteiger partial charge in [0, 0.05) is 11.6 Å². The highest BCUT2D eigenvalue weighted by atomic mass is 35.5. The summed E-state index contributed by atoms with van der Waals surface area (Å²) < 4.78 is 5.35. The van der Waals surface area contributed by atoms with Crippen molar-refractivity contribution in [3.8, 4) is 5.75 Å². The molecule has 106 valence electrons. The predicted octanol–water partition coefficient (Wildman–Crippen LogP) is 2.30. The number of nitrogens with one attached hydrogen (secondary N) is 1. The normalized spacial score (nSPS) is 13.7. The number of amides is 1. The molecule has 0 fully saturated rings. The van der Waals surface area contributed by atoms with Gasteiger partial charge >= 0.3 is 0 Å². The highest BCUT2D eigenvalue weighted by Crippen LogP contribution is 2.20. The molecule has 0 heterocycles. The topological polar surface area (TPSA) is 58.6 Å². The maximum absolute atomic E-state index is 11.6. The van der Waals surface area contributed by atoms with E-state index >= 15 is 0 Å². The standard InChI is InChI=1S/C14H20ClNO3/c1-4-14(3,18)9-16-13(17)8-19-11-5-6-12(15)10(2)7-11/h5-7,18H,4,8-9H2,1-3H3,(H,16,17). The van der Waals surface area contributed by atoms with E-state index in [9.17, 15) is 9.90 Å². The van der Waals surface area contributed by atoms with Crippen LogP contribution in [0.25, 0.3) is 0 Å². The Hall–Kier alpha value is -1.26. The van der Waals surface area contributed by atoms with Crippen LogP contribution in [0.4, 0.5) is 0 Å². The number of halogens is 1. The molecule has 1 rings (SSSR count). The predicted molar refractivity (Wildman–Crippen MR) is 75.6 cm³/mol. The number of benzene rings is 1. The van der Waals surface area contributed by atoms with E-state index in [1.54, 1.807) is 25.1 Å². The van der Waals surface area contributed by atoms with Crippen LogP contribution in [0, 0.1) is 6.92 Å². The number of aryl methyl sites for hydroxylation is 1. The molecule has 1 aromatic rings. The van der Waals surface area contributed by atoms with Crippen molar-refractivity contribution < 1.29 is 14.6 Å². The number of aliphatic hydroxyl groups is 1. The molecule has 19 heavy (non-hydrogen) atoms. The largest absolute Gasteiger partial charge is 0.484 e. The lowest BCUT2D eigenvalue weighted by molar-refractivity contribution is -0.124. The molecule has 2 N–H and O–H groups in total. The monoisotopic (exact) mass is 285 g/mol. The van der Waals surface area contributed by atoms with Crippen molar-refractivity contribution in [3.05, 3.63) is 28.8 Å². The molecule has 0 aliphatic heterocycles. The summed E-state index contributed by atoms with van der Waals surface area (Å²) in [6.45, 7) is 5.54. The second-order valence-corrected chi connectivity index (χ2v) is 5.23. The summed E-state index contributed by atoms with van der Waals surface area (Å²) >= 11 is 5.90. The Balaban J connectivity index is 2.40. The number of ether oxygens (including phenoxy) is 1. The van der Waals surface area contributed by atoms with Gasteiger partial charge in [-0.3, -0.25) is 4.79 Å². The summed E-state index contributed by atoms with van der Waals surface area (Å²) in [5, 5.41) is 13.0. The lowest BCUT2D eigenvalue weighted by Gasteiger charge is -2.21. The van der Waals surface area contributed by atoms with E-state index in [1.807, 2.05) is 13.8 Å². The molecule has 1 aromatic carbocycles. The van der Waals surface area contributed by atoms with Gasteiger partial charge in [-0.2, -0.15) is 0 Å². The van der Waals surface area contributed by atoms with E-state index in [2.05, 4.69) is 5.32 Å². The van der Waals surface area contributed by atoms with Crippen LogP contribution in [0.3, 0.4) is 0 Å². The zero-order valence-corrected chi connectivity index (χ0v) is 12.3. The Morgan fingerprint density at radius 3 is 2.79 bits per heavy atom. The third kappa shape index (κ3) is 5.49. The van der Waals surface area contributed by atoms with Gasteiger partial charge in [-0.05, 0) is 44.0 Å². The van der Waals surface area contributed by atoms with Crippen molar-refractivity contribution in [2.75, 3.05) is 13.2 Å². The third-order valence-corrected chi connectivity index (χ3v) is 3.35. The van der Waals surface area contributed by atoms with Crippen LogP contribution in [0.5, 0.6) is 5.75 Å². The van der Waals surface area contributed by atoms with E-state index < -0.39 is 5.60 Å². The molecule has 0 bridgehead atoms. The van der Waals surface area contributed by atoms with Crippen molar-refractivity contribution in [1.82, 2.24) is 5.32 Å². The van der Waals surface area contributed by atoms with Gasteiger partial charge in [-0.15, -0.1) is 0 Å². The molecule has 0 saturated carbocycles. The zero-order valence-electron chi connectivity index (χ0n) is 11.5. The SMILES string of the molecule is CCC(C)(O)CNC(=O)COc1ccc(Cl)c(C)c1. The first kappa shape index (κ1) is 15.8. The van der Waals surface area contributed by atoms with Gasteiger partial charge in [0.2, 0.25) is 0 Å². The fourth-order valence-corrected chi connectivity index (χ4v) is 1.44. The molecule has 0 saturated heterocycles. The first-order chi connectivity index (χ1) is 8.84. The minimum absolute atomic E-state index is 0.0825. The van der Waals surface area contributed by atoms with Crippen LogP contribution in [0.2, 0.25) is 5.02 Å². The second-order valence-electron chi connectivity index (χ2n) is 4.83. The van der Waals surface area contributed by atoms with Crippen molar-refractivity contribution >= 4 is 17.5 Å². The molecule has 5 heteroatoms. The van der Waals surface area contributed by atoms with Crippen LogP contribution < -0.4 is 10.1 Å². The molecule has 0 aromatic heterocycles. The van der Waals surface area contributed by atoms with Crippen molar-refractivity contribution in [1.29, 1.82) is 0 Å². The number of rotatable bonds is 6. The van der Waals surface area contributed by atoms with Gasteiger partial charge in [0.05, 0.1) is 5.60 Å². The molecule has 1 unspecified atom stereocenters. The highest BCUT2D eigenvalue weighted by molar-refractivity contribution is 6.31. The Morgan fingerprint density at radius 2 is 2.21 bits per heavy atom. The number of carbonyl (C=O) groups is 1. The number of carbonyl (C=O) groups excluding carboxylic acids is 1. The van der Waals surface area contributed by atoms with Gasteiger partial charge in [0.25, 0.3) is 5.91 Å². The second kappa shape index (κ2) is 6.78. The summed E-state index contributed by atoms with van der Waals surface area (Å²) in [4.78, 5) is 11.6. The summed E-state index contributed by atoms with van der Waals surface area (Å²) in [6, 6.07) is 5.22. The molecule has 0 aliphatic rings. The molecule has 4 nitrogen and oxygen atoms in total. The van der Waals surface area contributed by atoms with Gasteiger partial charge in [-0.25, -0.2) is 0 Å². The van der Waals surface area contributed by atoms with Gasteiger partial charge in [-0.1, -0.05) is 18.5 Å². The molecule has 0 aliphatic carbocycles. The van der Waals surface area contributed by atoms with Crippen LogP contribution >= 0.6 is 11.6 Å². The first-order valence-electron chi connectivity index (χ1n) is 6.22. The summed E-state index contributed by atoms with van der Waals surface area (Å²) in [5.41, 5.74) is 0.0143. The van der Waals surface area contributed by atoms with Crippen molar-refractivity contribution in [2.45, 2.75) is 32.8 Å². The van der Waals surface area contributed by atoms with E-state index in [-0.39, 0.29) is 19.1 Å². The van der Waals surface area contributed by atoms with Crippen LogP contribution in [-0.2, 0) is 4.79 Å². The smallest absolute Gasteiger partial charge is 0.258 e. The lowest BCUT2D eigenvalue weighted by atomic mass is 10.0. The highest BCUT2D eigenvalue weighted by Gasteiger charge is 2.18. The van der Waals surface area contributed by atoms with E-state index in [1.165, 1.54) is 0 Å². The molecular formula is C14H20ClNO3. The van der Waals surface area contributed by atoms with E-state index in [4.69, 9.17) is 16.3 Å². The molecule has 1 amide bonds. The molecular weight excluding hydrogens is 266 g/mol. The maximum Gasteiger partial charge on any atom is 0.258 e. The Morgan fingerprint density at radius 1 is 1.53 bits per heavy atom. The van der Waals surface area contributed by atoms with Gasteiger partial charge < -0.3 is 15.2 Å². The Labute approximate surface area is 118 Å². The summed E-state index contributed by atoms with van der Waals surface area (Å²) in [7, 11) is 0. The number of hydrogen-bond acceptors (Lipinski definition) is 3. The Bertz CT molecular complexity index is 446. The summed E-state index contributed by atoms with van der Waals surface area (Å²) in [6.07, 6.45) is 0.574. The minimum Gasteiger partial charge on any atom is -0.484 e. The molecule has 0 spiro atoms. The summed E-state index contributed by atoms with van der Waals surface area (Å²) in [5.74, 6) is 0.334. The van der Waals surface area contributed by atoms with Gasteiger partial charge in [0.1, 0.15) is 5.75 Å². The first-order valence-corrected chi connectivity index (χ1v) is 6.60. The third-order valence-electron chi connectivity index (χ3n) is 2.93. The Kier molecular flexibility index (Phi) is 5.63. The van der Waals surface area contributed by atoms with Crippen LogP contribution in [0.1, 0.15) is 25.8 Å². The van der Waals surface area contributed by atoms with E-state index in [0.29, 0.717) is 17.2 Å². The fraction of sp³-hybridized carbons (Fsp3) is 0.500. The average Bonchev–Trinajstić information content (AvgIpc) is 2.38. The fourth-order valence-electron chi connectivity index (χ4n) is 1.32. The molecule has 1 atom stereocenters. The quantitative estimate of drug-likeness (QED) is 0.843. The van der Waals surface area contributed by atoms with Crippen molar-refractivity contribution in [3.63, 3.8) is 0 Å². The van der Waals surface area contributed by atoms with Gasteiger partial charge in [0.15, 0.2) is 6.61 Å². The maximum atomic E-state index is 11.6. The van der Waals surface area contributed by atoms with Crippen LogP contribution in [-0.4, -0.2) is 29.8 Å². The average molecular weight is 286 g/mol. The van der Waals surface area contributed by atoms with Crippen molar-refractivity contribution in [2.24, 2.45) is 0 Å². The zero-order chi connectivity index (χ0) is 14.5. The van der Waals surface area contributed by atoms with Crippen LogP contribution in [0.15, 0.2) is 18.2 Å². The minimum atomic E-state index is -0.882. The number of hydrogen-bond donors (Lipinski definition) is 2. The van der Waals surface area contributed by atoms with E-state index in [0.717, 1.165) is 5.56 Å². The molecule has 0 radical (unpaired) electrons. The lowest BCUT2D eigenvalue weighted by Crippen LogP contribution is -2.41.